The Morgan fingerprint density at radius 3 is 2.36 bits per heavy atom. The molecule has 5 rings (SSSR count). The highest BCUT2D eigenvalue weighted by molar-refractivity contribution is 5.90. The van der Waals surface area contributed by atoms with Crippen LogP contribution in [0.25, 0.3) is 22.3 Å². The Balaban J connectivity index is 1.49. The van der Waals surface area contributed by atoms with E-state index in [0.29, 0.717) is 0 Å². The van der Waals surface area contributed by atoms with E-state index in [1.165, 1.54) is 25.7 Å². The Kier molecular flexibility index (Phi) is 3.62. The fraction of sp³-hybridized carbons (Fsp3) is 0.381. The monoisotopic (exact) mass is 330 g/mol. The Morgan fingerprint density at radius 1 is 0.920 bits per heavy atom. The third kappa shape index (κ3) is 3.09. The molecule has 2 saturated carbocycles. The van der Waals surface area contributed by atoms with Crippen LogP contribution in [-0.2, 0) is 0 Å². The molecule has 1 N–H and O–H groups in total. The third-order valence-electron chi connectivity index (χ3n) is 5.50. The minimum atomic E-state index is 0.762. The second-order valence-corrected chi connectivity index (χ2v) is 7.37. The van der Waals surface area contributed by atoms with Crippen molar-refractivity contribution in [2.24, 2.45) is 17.8 Å². The minimum absolute atomic E-state index is 0.762. The van der Waals surface area contributed by atoms with E-state index in [9.17, 15) is 0 Å². The van der Waals surface area contributed by atoms with E-state index in [4.69, 9.17) is 9.97 Å². The van der Waals surface area contributed by atoms with Crippen LogP contribution in [0, 0.1) is 17.8 Å². The number of aromatic nitrogens is 3. The van der Waals surface area contributed by atoms with E-state index < -0.39 is 0 Å². The normalized spacial score (nSPS) is 17.2. The van der Waals surface area contributed by atoms with Gasteiger partial charge in [-0.2, -0.15) is 0 Å². The van der Waals surface area contributed by atoms with Gasteiger partial charge in [-0.3, -0.25) is 4.98 Å². The molecule has 0 radical (unpaired) electrons. The van der Waals surface area contributed by atoms with Crippen LogP contribution in [0.1, 0.15) is 25.7 Å². The predicted octanol–water partition coefficient (Wildman–Crippen LogP) is 4.54. The molecular formula is C21H22N4. The van der Waals surface area contributed by atoms with Crippen LogP contribution in [-0.4, -0.2) is 21.5 Å². The molecule has 2 aromatic heterocycles. The maximum absolute atomic E-state index is 4.85. The minimum Gasteiger partial charge on any atom is -0.369 e. The Labute approximate surface area is 147 Å². The summed E-state index contributed by atoms with van der Waals surface area (Å²) < 4.78 is 0. The molecule has 2 aliphatic rings. The summed E-state index contributed by atoms with van der Waals surface area (Å²) in [5, 5.41) is 4.78. The van der Waals surface area contributed by atoms with Gasteiger partial charge in [-0.05, 0) is 67.7 Å². The molecule has 0 aliphatic heterocycles. The summed E-state index contributed by atoms with van der Waals surface area (Å²) in [7, 11) is 0. The molecule has 0 spiro atoms. The summed E-state index contributed by atoms with van der Waals surface area (Å²) in [4.78, 5) is 13.7. The van der Waals surface area contributed by atoms with Gasteiger partial charge in [0.05, 0.1) is 5.52 Å². The van der Waals surface area contributed by atoms with E-state index >= 15 is 0 Å². The van der Waals surface area contributed by atoms with Crippen molar-refractivity contribution in [2.45, 2.75) is 25.7 Å². The van der Waals surface area contributed by atoms with Crippen LogP contribution in [0.5, 0.6) is 0 Å². The van der Waals surface area contributed by atoms with Crippen LogP contribution in [0.3, 0.4) is 0 Å². The number of anilines is 1. The average Bonchev–Trinajstić information content (AvgIpc) is 3.56. The molecule has 1 aromatic carbocycles. The zero-order chi connectivity index (χ0) is 16.6. The van der Waals surface area contributed by atoms with Gasteiger partial charge >= 0.3 is 0 Å². The van der Waals surface area contributed by atoms with Crippen molar-refractivity contribution in [1.29, 1.82) is 0 Å². The van der Waals surface area contributed by atoms with E-state index in [1.54, 1.807) is 12.4 Å². The van der Waals surface area contributed by atoms with Crippen LogP contribution >= 0.6 is 0 Å². The average molecular weight is 330 g/mol. The lowest BCUT2D eigenvalue weighted by molar-refractivity contribution is 0.428. The molecule has 0 bridgehead atoms. The highest BCUT2D eigenvalue weighted by Crippen LogP contribution is 2.49. The maximum atomic E-state index is 4.85. The van der Waals surface area contributed by atoms with Crippen molar-refractivity contribution in [2.75, 3.05) is 11.9 Å². The van der Waals surface area contributed by atoms with E-state index in [0.717, 1.165) is 52.4 Å². The van der Waals surface area contributed by atoms with Crippen molar-refractivity contribution < 1.29 is 0 Å². The zero-order valence-corrected chi connectivity index (χ0v) is 14.2. The molecule has 0 amide bonds. The summed E-state index contributed by atoms with van der Waals surface area (Å²) >= 11 is 0. The number of para-hydroxylation sites is 1. The van der Waals surface area contributed by atoms with Crippen LogP contribution in [0.4, 0.5) is 5.82 Å². The van der Waals surface area contributed by atoms with Crippen molar-refractivity contribution in [3.8, 4) is 11.4 Å². The van der Waals surface area contributed by atoms with Gasteiger partial charge in [0.15, 0.2) is 5.82 Å². The topological polar surface area (TPSA) is 50.7 Å². The molecule has 0 unspecified atom stereocenters. The smallest absolute Gasteiger partial charge is 0.162 e. The highest BCUT2D eigenvalue weighted by Gasteiger charge is 2.41. The number of hydrogen-bond donors (Lipinski definition) is 1. The largest absolute Gasteiger partial charge is 0.369 e. The van der Waals surface area contributed by atoms with Crippen molar-refractivity contribution in [3.05, 3.63) is 48.8 Å². The first-order chi connectivity index (χ1) is 12.4. The molecule has 4 heteroatoms. The molecule has 126 valence electrons. The molecule has 25 heavy (non-hydrogen) atoms. The van der Waals surface area contributed by atoms with E-state index in [2.05, 4.69) is 28.5 Å². The van der Waals surface area contributed by atoms with Gasteiger partial charge in [0.1, 0.15) is 5.82 Å². The van der Waals surface area contributed by atoms with Gasteiger partial charge in [0.2, 0.25) is 0 Å². The van der Waals surface area contributed by atoms with Gasteiger partial charge in [-0.1, -0.05) is 12.1 Å². The number of fused-ring (bicyclic) bond motifs is 1. The molecule has 4 nitrogen and oxygen atoms in total. The fourth-order valence-electron chi connectivity index (χ4n) is 3.82. The first kappa shape index (κ1) is 14.8. The van der Waals surface area contributed by atoms with Crippen LogP contribution in [0.15, 0.2) is 48.8 Å². The molecule has 0 saturated heterocycles. The third-order valence-corrected chi connectivity index (χ3v) is 5.50. The van der Waals surface area contributed by atoms with Gasteiger partial charge in [0.25, 0.3) is 0 Å². The Bertz CT molecular complexity index is 873. The number of benzene rings is 1. The lowest BCUT2D eigenvalue weighted by Crippen LogP contribution is -2.19. The van der Waals surface area contributed by atoms with E-state index in [1.807, 2.05) is 18.2 Å². The highest BCUT2D eigenvalue weighted by atomic mass is 15.0. The number of pyridine rings is 1. The van der Waals surface area contributed by atoms with Crippen molar-refractivity contribution in [1.82, 2.24) is 15.0 Å². The molecule has 3 aromatic rings. The first-order valence-electron chi connectivity index (χ1n) is 9.29. The number of nitrogens with one attached hydrogen (secondary N) is 1. The standard InChI is InChI=1S/C21H22N4/c1-2-4-19-17(3-1)21(23-13-18(14-5-6-14)15-7-8-15)25-20(24-19)16-9-11-22-12-10-16/h1-4,9-12,14-15,18H,5-8,13H2,(H,23,24,25). The SMILES string of the molecule is c1ccc2c(NCC(C3CC3)C3CC3)nc(-c3ccncc3)nc2c1. The van der Waals surface area contributed by atoms with E-state index in [-0.39, 0.29) is 0 Å². The Hall–Kier alpha value is -2.49. The number of nitrogens with zero attached hydrogens (tertiary/aromatic N) is 3. The lowest BCUT2D eigenvalue weighted by atomic mass is 9.98. The maximum Gasteiger partial charge on any atom is 0.162 e. The van der Waals surface area contributed by atoms with Crippen molar-refractivity contribution >= 4 is 16.7 Å². The van der Waals surface area contributed by atoms with Crippen LogP contribution < -0.4 is 5.32 Å². The van der Waals surface area contributed by atoms with Gasteiger partial charge in [0, 0.05) is 29.9 Å². The van der Waals surface area contributed by atoms with Gasteiger partial charge in [-0.25, -0.2) is 9.97 Å². The predicted molar refractivity (Wildman–Crippen MR) is 100 cm³/mol. The molecule has 2 fully saturated rings. The zero-order valence-electron chi connectivity index (χ0n) is 14.2. The summed E-state index contributed by atoms with van der Waals surface area (Å²) in [6.07, 6.45) is 9.23. The van der Waals surface area contributed by atoms with Gasteiger partial charge in [-0.15, -0.1) is 0 Å². The Morgan fingerprint density at radius 2 is 1.64 bits per heavy atom. The van der Waals surface area contributed by atoms with Gasteiger partial charge < -0.3 is 5.32 Å². The quantitative estimate of drug-likeness (QED) is 0.721. The number of hydrogen-bond acceptors (Lipinski definition) is 4. The first-order valence-corrected chi connectivity index (χ1v) is 9.29. The molecule has 2 aliphatic carbocycles. The summed E-state index contributed by atoms with van der Waals surface area (Å²) in [6, 6.07) is 12.2. The summed E-state index contributed by atoms with van der Waals surface area (Å²) in [5.74, 6) is 4.42. The lowest BCUT2D eigenvalue weighted by Gasteiger charge is -2.18. The number of rotatable bonds is 6. The molecule has 0 atom stereocenters. The molecule has 2 heterocycles. The van der Waals surface area contributed by atoms with Crippen molar-refractivity contribution in [3.63, 3.8) is 0 Å². The summed E-state index contributed by atoms with van der Waals surface area (Å²) in [5.41, 5.74) is 1.99. The fourth-order valence-corrected chi connectivity index (χ4v) is 3.82. The second kappa shape index (κ2) is 6.10. The summed E-state index contributed by atoms with van der Waals surface area (Å²) in [6.45, 7) is 1.03. The van der Waals surface area contributed by atoms with Crippen LogP contribution in [0.2, 0.25) is 0 Å². The second-order valence-electron chi connectivity index (χ2n) is 7.37. The molecular weight excluding hydrogens is 308 g/mol.